The van der Waals surface area contributed by atoms with Crippen molar-refractivity contribution in [2.45, 2.75) is 6.92 Å². The van der Waals surface area contributed by atoms with Gasteiger partial charge in [0, 0.05) is 6.54 Å². The fourth-order valence-electron chi connectivity index (χ4n) is 1.27. The lowest BCUT2D eigenvalue weighted by Crippen LogP contribution is -2.15. The third-order valence-electron chi connectivity index (χ3n) is 2.10. The van der Waals surface area contributed by atoms with Crippen LogP contribution in [0.4, 0.5) is 11.6 Å². The average Bonchev–Trinajstić information content (AvgIpc) is 2.42. The van der Waals surface area contributed by atoms with Gasteiger partial charge in [0.05, 0.1) is 24.8 Å². The maximum absolute atomic E-state index is 11.9. The maximum atomic E-state index is 11.9. The molecule has 0 aliphatic carbocycles. The lowest BCUT2D eigenvalue weighted by atomic mass is 10.4. The van der Waals surface area contributed by atoms with Crippen molar-refractivity contribution in [1.82, 2.24) is 19.9 Å². The second-order valence-corrected chi connectivity index (χ2v) is 4.31. The SMILES string of the molecule is CCNc1cnc(C(=O)Nc2cnc(Br)cn2)cn1. The molecule has 0 saturated heterocycles. The molecule has 0 bridgehead atoms. The average molecular weight is 323 g/mol. The Balaban J connectivity index is 2.05. The molecular formula is C11H11BrN6O. The molecule has 2 heterocycles. The molecule has 0 aromatic carbocycles. The number of carbonyl (C=O) groups is 1. The molecule has 0 fully saturated rings. The molecule has 0 aliphatic heterocycles. The van der Waals surface area contributed by atoms with E-state index in [-0.39, 0.29) is 11.6 Å². The number of anilines is 2. The Kier molecular flexibility index (Phi) is 4.35. The van der Waals surface area contributed by atoms with E-state index < -0.39 is 0 Å². The number of hydrogen-bond donors (Lipinski definition) is 2. The van der Waals surface area contributed by atoms with Gasteiger partial charge in [-0.3, -0.25) is 4.79 Å². The van der Waals surface area contributed by atoms with Crippen LogP contribution < -0.4 is 10.6 Å². The summed E-state index contributed by atoms with van der Waals surface area (Å²) < 4.78 is 0.597. The topological polar surface area (TPSA) is 92.7 Å². The first-order chi connectivity index (χ1) is 9.19. The van der Waals surface area contributed by atoms with Crippen LogP contribution in [0.3, 0.4) is 0 Å². The van der Waals surface area contributed by atoms with Gasteiger partial charge in [0.2, 0.25) is 0 Å². The van der Waals surface area contributed by atoms with Crippen LogP contribution in [-0.2, 0) is 0 Å². The van der Waals surface area contributed by atoms with Crippen LogP contribution in [0.1, 0.15) is 17.4 Å². The van der Waals surface area contributed by atoms with Gasteiger partial charge >= 0.3 is 0 Å². The quantitative estimate of drug-likeness (QED) is 0.890. The second-order valence-electron chi connectivity index (χ2n) is 3.50. The van der Waals surface area contributed by atoms with E-state index >= 15 is 0 Å². The summed E-state index contributed by atoms with van der Waals surface area (Å²) in [6.45, 7) is 2.70. The first kappa shape index (κ1) is 13.3. The summed E-state index contributed by atoms with van der Waals surface area (Å²) in [6.07, 6.45) is 5.85. The van der Waals surface area contributed by atoms with Gasteiger partial charge in [-0.1, -0.05) is 0 Å². The van der Waals surface area contributed by atoms with Crippen LogP contribution >= 0.6 is 15.9 Å². The standard InChI is InChI=1S/C11H11BrN6O/c1-2-13-9-5-14-7(3-16-9)11(19)18-10-6-15-8(12)4-17-10/h3-6H,2H2,1H3,(H,13,16)(H,17,18,19). The zero-order valence-electron chi connectivity index (χ0n) is 10.1. The van der Waals surface area contributed by atoms with Crippen LogP contribution in [0.15, 0.2) is 29.4 Å². The Morgan fingerprint density at radius 1 is 1.11 bits per heavy atom. The number of rotatable bonds is 4. The molecule has 8 heteroatoms. The number of carbonyl (C=O) groups excluding carboxylic acids is 1. The van der Waals surface area contributed by atoms with Gasteiger partial charge in [-0.15, -0.1) is 0 Å². The zero-order valence-corrected chi connectivity index (χ0v) is 11.7. The Morgan fingerprint density at radius 2 is 1.84 bits per heavy atom. The first-order valence-corrected chi connectivity index (χ1v) is 6.33. The minimum Gasteiger partial charge on any atom is -0.369 e. The van der Waals surface area contributed by atoms with Crippen molar-refractivity contribution in [3.05, 3.63) is 35.1 Å². The fraction of sp³-hybridized carbons (Fsp3) is 0.182. The number of aromatic nitrogens is 4. The first-order valence-electron chi connectivity index (χ1n) is 5.54. The molecule has 2 N–H and O–H groups in total. The van der Waals surface area contributed by atoms with Crippen molar-refractivity contribution in [3.8, 4) is 0 Å². The van der Waals surface area contributed by atoms with Crippen LogP contribution in [0.25, 0.3) is 0 Å². The van der Waals surface area contributed by atoms with E-state index in [1.807, 2.05) is 6.92 Å². The molecule has 19 heavy (non-hydrogen) atoms. The lowest BCUT2D eigenvalue weighted by molar-refractivity contribution is 0.102. The highest BCUT2D eigenvalue weighted by Gasteiger charge is 2.09. The van der Waals surface area contributed by atoms with Crippen molar-refractivity contribution in [2.75, 3.05) is 17.2 Å². The summed E-state index contributed by atoms with van der Waals surface area (Å²) in [5.74, 6) is 0.598. The van der Waals surface area contributed by atoms with Gasteiger partial charge in [-0.05, 0) is 22.9 Å². The van der Waals surface area contributed by atoms with Crippen molar-refractivity contribution in [2.24, 2.45) is 0 Å². The minimum atomic E-state index is -0.382. The largest absolute Gasteiger partial charge is 0.369 e. The molecule has 7 nitrogen and oxygen atoms in total. The summed E-state index contributed by atoms with van der Waals surface area (Å²) in [5.41, 5.74) is 0.214. The van der Waals surface area contributed by atoms with Gasteiger partial charge in [-0.25, -0.2) is 19.9 Å². The van der Waals surface area contributed by atoms with Crippen LogP contribution in [0, 0.1) is 0 Å². The van der Waals surface area contributed by atoms with E-state index in [1.165, 1.54) is 24.8 Å². The second kappa shape index (κ2) is 6.19. The third-order valence-corrected chi connectivity index (χ3v) is 2.51. The molecule has 0 saturated carbocycles. The number of nitrogens with one attached hydrogen (secondary N) is 2. The van der Waals surface area contributed by atoms with Gasteiger partial charge in [0.25, 0.3) is 5.91 Å². The molecule has 0 radical (unpaired) electrons. The number of amides is 1. The van der Waals surface area contributed by atoms with E-state index in [0.29, 0.717) is 16.2 Å². The van der Waals surface area contributed by atoms with Crippen LogP contribution in [-0.4, -0.2) is 32.4 Å². The summed E-state index contributed by atoms with van der Waals surface area (Å²) in [7, 11) is 0. The third kappa shape index (κ3) is 3.68. The van der Waals surface area contributed by atoms with Crippen molar-refractivity contribution in [3.63, 3.8) is 0 Å². The summed E-state index contributed by atoms with van der Waals surface area (Å²) >= 11 is 3.16. The molecule has 1 amide bonds. The van der Waals surface area contributed by atoms with Crippen LogP contribution in [0.5, 0.6) is 0 Å². The maximum Gasteiger partial charge on any atom is 0.277 e. The molecule has 2 rings (SSSR count). The molecule has 0 unspecified atom stereocenters. The molecular weight excluding hydrogens is 312 g/mol. The van der Waals surface area contributed by atoms with E-state index in [4.69, 9.17) is 0 Å². The van der Waals surface area contributed by atoms with E-state index in [2.05, 4.69) is 46.5 Å². The van der Waals surface area contributed by atoms with Crippen molar-refractivity contribution < 1.29 is 4.79 Å². The minimum absolute atomic E-state index is 0.214. The highest BCUT2D eigenvalue weighted by Crippen LogP contribution is 2.08. The highest BCUT2D eigenvalue weighted by atomic mass is 79.9. The molecule has 0 spiro atoms. The summed E-state index contributed by atoms with van der Waals surface area (Å²) in [6, 6.07) is 0. The normalized spacial score (nSPS) is 10.0. The van der Waals surface area contributed by atoms with Crippen LogP contribution in [0.2, 0.25) is 0 Å². The molecule has 2 aromatic heterocycles. The highest BCUT2D eigenvalue weighted by molar-refractivity contribution is 9.10. The zero-order chi connectivity index (χ0) is 13.7. The monoisotopic (exact) mass is 322 g/mol. The predicted molar refractivity (Wildman–Crippen MR) is 73.9 cm³/mol. The van der Waals surface area contributed by atoms with Gasteiger partial charge in [-0.2, -0.15) is 0 Å². The number of hydrogen-bond acceptors (Lipinski definition) is 6. The lowest BCUT2D eigenvalue weighted by Gasteiger charge is -2.04. The molecule has 0 aliphatic rings. The van der Waals surface area contributed by atoms with E-state index in [9.17, 15) is 4.79 Å². The Hall–Kier alpha value is -2.09. The van der Waals surface area contributed by atoms with Gasteiger partial charge in [0.15, 0.2) is 5.82 Å². The molecule has 2 aromatic rings. The van der Waals surface area contributed by atoms with E-state index in [1.54, 1.807) is 0 Å². The van der Waals surface area contributed by atoms with Crippen molar-refractivity contribution >= 4 is 33.5 Å². The summed E-state index contributed by atoms with van der Waals surface area (Å²) in [5, 5.41) is 5.58. The van der Waals surface area contributed by atoms with Gasteiger partial charge < -0.3 is 10.6 Å². The van der Waals surface area contributed by atoms with E-state index in [0.717, 1.165) is 6.54 Å². The number of halogens is 1. The molecule has 0 atom stereocenters. The number of nitrogens with zero attached hydrogens (tertiary/aromatic N) is 4. The molecule has 98 valence electrons. The summed E-state index contributed by atoms with van der Waals surface area (Å²) in [4.78, 5) is 27.9. The van der Waals surface area contributed by atoms with Crippen molar-refractivity contribution in [1.29, 1.82) is 0 Å². The Labute approximate surface area is 118 Å². The van der Waals surface area contributed by atoms with Gasteiger partial charge in [0.1, 0.15) is 16.1 Å². The Morgan fingerprint density at radius 3 is 2.42 bits per heavy atom. The fourth-order valence-corrected chi connectivity index (χ4v) is 1.48. The predicted octanol–water partition coefficient (Wildman–Crippen LogP) is 1.71. The Bertz CT molecular complexity index is 556. The smallest absolute Gasteiger partial charge is 0.277 e.